The number of carbonyl (C=O) groups is 1. The predicted molar refractivity (Wildman–Crippen MR) is 81.3 cm³/mol. The lowest BCUT2D eigenvalue weighted by molar-refractivity contribution is 0.0915. The van der Waals surface area contributed by atoms with Crippen LogP contribution in [0, 0.1) is 6.92 Å². The molecule has 0 aliphatic heterocycles. The summed E-state index contributed by atoms with van der Waals surface area (Å²) in [7, 11) is 0. The SMILES string of the molecule is CSCC[C@@H](CO)NC(=O)c1ccc2nc(C)cn2c1. The number of aryl methyl sites for hydroxylation is 1. The normalized spacial score (nSPS) is 12.6. The molecule has 0 fully saturated rings. The first-order valence-corrected chi connectivity index (χ1v) is 7.89. The number of nitrogens with one attached hydrogen (secondary N) is 1. The van der Waals surface area contributed by atoms with E-state index in [-0.39, 0.29) is 18.6 Å². The molecule has 5 nitrogen and oxygen atoms in total. The number of rotatable bonds is 6. The van der Waals surface area contributed by atoms with Gasteiger partial charge in [-0.1, -0.05) is 0 Å². The van der Waals surface area contributed by atoms with Crippen molar-refractivity contribution in [3.63, 3.8) is 0 Å². The van der Waals surface area contributed by atoms with Crippen molar-refractivity contribution in [3.8, 4) is 0 Å². The zero-order chi connectivity index (χ0) is 14.5. The highest BCUT2D eigenvalue weighted by atomic mass is 32.2. The maximum Gasteiger partial charge on any atom is 0.253 e. The molecule has 0 spiro atoms. The summed E-state index contributed by atoms with van der Waals surface area (Å²) in [6.07, 6.45) is 6.40. The van der Waals surface area contributed by atoms with Gasteiger partial charge in [0.05, 0.1) is 23.9 Å². The molecule has 0 radical (unpaired) electrons. The standard InChI is InChI=1S/C14H19N3O2S/c1-10-7-17-8-11(3-4-13(17)15-10)14(19)16-12(9-18)5-6-20-2/h3-4,7-8,12,18H,5-6,9H2,1-2H3,(H,16,19)/t12-/m0/s1. The van der Waals surface area contributed by atoms with Gasteiger partial charge in [-0.2, -0.15) is 11.8 Å². The van der Waals surface area contributed by atoms with Gasteiger partial charge in [0.25, 0.3) is 5.91 Å². The van der Waals surface area contributed by atoms with Crippen LogP contribution in [0.1, 0.15) is 22.5 Å². The summed E-state index contributed by atoms with van der Waals surface area (Å²) >= 11 is 1.70. The quantitative estimate of drug-likeness (QED) is 0.847. The number of imidazole rings is 1. The predicted octanol–water partition coefficient (Wildman–Crippen LogP) is 1.49. The second kappa shape index (κ2) is 6.76. The lowest BCUT2D eigenvalue weighted by Crippen LogP contribution is -2.38. The number of amides is 1. The second-order valence-electron chi connectivity index (χ2n) is 4.70. The number of carbonyl (C=O) groups excluding carboxylic acids is 1. The monoisotopic (exact) mass is 293 g/mol. The van der Waals surface area contributed by atoms with Crippen LogP contribution < -0.4 is 5.32 Å². The van der Waals surface area contributed by atoms with Crippen LogP contribution in [0.2, 0.25) is 0 Å². The number of nitrogens with zero attached hydrogens (tertiary/aromatic N) is 2. The zero-order valence-corrected chi connectivity index (χ0v) is 12.5. The molecule has 1 amide bonds. The molecule has 2 aromatic heterocycles. The van der Waals surface area contributed by atoms with Crippen molar-refractivity contribution in [1.82, 2.24) is 14.7 Å². The Balaban J connectivity index is 2.09. The minimum atomic E-state index is -0.199. The molecule has 6 heteroatoms. The molecule has 2 heterocycles. The van der Waals surface area contributed by atoms with Gasteiger partial charge in [0.2, 0.25) is 0 Å². The van der Waals surface area contributed by atoms with E-state index < -0.39 is 0 Å². The molecule has 2 aromatic rings. The summed E-state index contributed by atoms with van der Waals surface area (Å²) in [5.74, 6) is 0.740. The molecule has 20 heavy (non-hydrogen) atoms. The third-order valence-electron chi connectivity index (χ3n) is 3.06. The largest absolute Gasteiger partial charge is 0.394 e. The fourth-order valence-electron chi connectivity index (χ4n) is 1.99. The van der Waals surface area contributed by atoms with E-state index in [1.165, 1.54) is 0 Å². The van der Waals surface area contributed by atoms with Crippen LogP contribution in [0.3, 0.4) is 0 Å². The summed E-state index contributed by atoms with van der Waals surface area (Å²) < 4.78 is 1.83. The van der Waals surface area contributed by atoms with E-state index in [1.807, 2.05) is 29.8 Å². The Labute approximate surface area is 122 Å². The van der Waals surface area contributed by atoms with Crippen LogP contribution in [0.15, 0.2) is 24.5 Å². The fourth-order valence-corrected chi connectivity index (χ4v) is 2.51. The molecule has 1 atom stereocenters. The van der Waals surface area contributed by atoms with Crippen molar-refractivity contribution in [2.24, 2.45) is 0 Å². The summed E-state index contributed by atoms with van der Waals surface area (Å²) in [5.41, 5.74) is 2.30. The molecule has 0 bridgehead atoms. The lowest BCUT2D eigenvalue weighted by Gasteiger charge is -2.15. The molecule has 2 N–H and O–H groups in total. The number of pyridine rings is 1. The Morgan fingerprint density at radius 1 is 1.50 bits per heavy atom. The van der Waals surface area contributed by atoms with Gasteiger partial charge in [0.15, 0.2) is 0 Å². The smallest absolute Gasteiger partial charge is 0.253 e. The Hall–Kier alpha value is -1.53. The van der Waals surface area contributed by atoms with Gasteiger partial charge < -0.3 is 14.8 Å². The number of fused-ring (bicyclic) bond motifs is 1. The van der Waals surface area contributed by atoms with Gasteiger partial charge in [-0.15, -0.1) is 0 Å². The summed E-state index contributed by atoms with van der Waals surface area (Å²) in [6.45, 7) is 1.87. The maximum absolute atomic E-state index is 12.2. The van der Waals surface area contributed by atoms with E-state index in [2.05, 4.69) is 10.3 Å². The highest BCUT2D eigenvalue weighted by Gasteiger charge is 2.13. The van der Waals surface area contributed by atoms with E-state index in [1.54, 1.807) is 24.0 Å². The Morgan fingerprint density at radius 2 is 2.30 bits per heavy atom. The summed E-state index contributed by atoms with van der Waals surface area (Å²) in [4.78, 5) is 16.5. The van der Waals surface area contributed by atoms with Gasteiger partial charge in [0, 0.05) is 12.4 Å². The maximum atomic E-state index is 12.2. The molecular weight excluding hydrogens is 274 g/mol. The van der Waals surface area contributed by atoms with Crippen molar-refractivity contribution < 1.29 is 9.90 Å². The minimum absolute atomic E-state index is 0.0429. The van der Waals surface area contributed by atoms with Crippen LogP contribution in [0.25, 0.3) is 5.65 Å². The van der Waals surface area contributed by atoms with E-state index in [9.17, 15) is 9.90 Å². The Bertz CT molecular complexity index is 597. The van der Waals surface area contributed by atoms with E-state index in [0.717, 1.165) is 23.5 Å². The molecule has 0 aliphatic carbocycles. The number of thioether (sulfide) groups is 1. The van der Waals surface area contributed by atoms with Crippen LogP contribution in [0.4, 0.5) is 0 Å². The summed E-state index contributed by atoms with van der Waals surface area (Å²) in [5, 5.41) is 12.1. The Morgan fingerprint density at radius 3 is 3.00 bits per heavy atom. The molecule has 0 unspecified atom stereocenters. The first-order valence-electron chi connectivity index (χ1n) is 6.50. The molecule has 2 rings (SSSR count). The highest BCUT2D eigenvalue weighted by Crippen LogP contribution is 2.08. The average molecular weight is 293 g/mol. The van der Waals surface area contributed by atoms with E-state index >= 15 is 0 Å². The molecular formula is C14H19N3O2S. The zero-order valence-electron chi connectivity index (χ0n) is 11.7. The number of hydrogen-bond donors (Lipinski definition) is 2. The van der Waals surface area contributed by atoms with Crippen molar-refractivity contribution >= 4 is 23.3 Å². The lowest BCUT2D eigenvalue weighted by atomic mass is 10.2. The summed E-state index contributed by atoms with van der Waals surface area (Å²) in [6, 6.07) is 3.37. The van der Waals surface area contributed by atoms with Gasteiger partial charge in [-0.05, 0) is 37.5 Å². The highest BCUT2D eigenvalue weighted by molar-refractivity contribution is 7.98. The number of hydrogen-bond acceptors (Lipinski definition) is 4. The number of aliphatic hydroxyl groups excluding tert-OH is 1. The third kappa shape index (κ3) is 3.52. The topological polar surface area (TPSA) is 66.6 Å². The number of aliphatic hydroxyl groups is 1. The molecule has 108 valence electrons. The second-order valence-corrected chi connectivity index (χ2v) is 5.69. The van der Waals surface area contributed by atoms with Gasteiger partial charge in [-0.3, -0.25) is 4.79 Å². The van der Waals surface area contributed by atoms with Gasteiger partial charge >= 0.3 is 0 Å². The molecule has 0 aliphatic rings. The van der Waals surface area contributed by atoms with Gasteiger partial charge in [-0.25, -0.2) is 4.98 Å². The Kier molecular flexibility index (Phi) is 5.03. The molecule has 0 saturated heterocycles. The van der Waals surface area contributed by atoms with E-state index in [4.69, 9.17) is 0 Å². The van der Waals surface area contributed by atoms with Crippen LogP contribution in [-0.4, -0.2) is 45.1 Å². The van der Waals surface area contributed by atoms with Crippen LogP contribution >= 0.6 is 11.8 Å². The van der Waals surface area contributed by atoms with Crippen LogP contribution in [0.5, 0.6) is 0 Å². The number of aromatic nitrogens is 2. The van der Waals surface area contributed by atoms with Crippen molar-refractivity contribution in [2.45, 2.75) is 19.4 Å². The third-order valence-corrected chi connectivity index (χ3v) is 3.70. The minimum Gasteiger partial charge on any atom is -0.394 e. The average Bonchev–Trinajstić information content (AvgIpc) is 2.82. The molecule has 0 aromatic carbocycles. The fraction of sp³-hybridized carbons (Fsp3) is 0.429. The van der Waals surface area contributed by atoms with E-state index in [0.29, 0.717) is 5.56 Å². The first-order chi connectivity index (χ1) is 9.63. The first kappa shape index (κ1) is 14.9. The van der Waals surface area contributed by atoms with Crippen LogP contribution in [-0.2, 0) is 0 Å². The van der Waals surface area contributed by atoms with Crippen molar-refractivity contribution in [3.05, 3.63) is 35.8 Å². The van der Waals surface area contributed by atoms with Crippen molar-refractivity contribution in [1.29, 1.82) is 0 Å². The molecule has 0 saturated carbocycles. The van der Waals surface area contributed by atoms with Crippen molar-refractivity contribution in [2.75, 3.05) is 18.6 Å². The van der Waals surface area contributed by atoms with Gasteiger partial charge in [0.1, 0.15) is 5.65 Å².